The van der Waals surface area contributed by atoms with Crippen LogP contribution in [-0.2, 0) is 10.0 Å². The Bertz CT molecular complexity index is 702. The van der Waals surface area contributed by atoms with Crippen molar-refractivity contribution in [3.8, 4) is 0 Å². The minimum Gasteiger partial charge on any atom is -0.398 e. The molecule has 2 aromatic rings. The minimum atomic E-state index is -3.69. The molecule has 0 spiro atoms. The van der Waals surface area contributed by atoms with Crippen molar-refractivity contribution in [2.45, 2.75) is 4.90 Å². The zero-order valence-electron chi connectivity index (χ0n) is 9.47. The molecule has 3 N–H and O–H groups in total. The Kier molecular flexibility index (Phi) is 4.12. The van der Waals surface area contributed by atoms with Crippen molar-refractivity contribution in [2.24, 2.45) is 0 Å². The molecule has 0 radical (unpaired) electrons. The standard InChI is InChI=1S/C11H9Br2N3O2S/c12-7-1-4-11(15-6-7)16-19(17,18)8-2-3-9(13)10(14)5-8/h1-6H,14H2,(H,15,16). The summed E-state index contributed by atoms with van der Waals surface area (Å²) in [4.78, 5) is 4.03. The van der Waals surface area contributed by atoms with Crippen LogP contribution in [0.3, 0.4) is 0 Å². The number of hydrogen-bond acceptors (Lipinski definition) is 4. The van der Waals surface area contributed by atoms with E-state index in [9.17, 15) is 8.42 Å². The number of nitrogens with one attached hydrogen (secondary N) is 1. The van der Waals surface area contributed by atoms with Gasteiger partial charge in [0, 0.05) is 20.8 Å². The Hall–Kier alpha value is -1.12. The Balaban J connectivity index is 2.32. The maximum absolute atomic E-state index is 12.1. The number of anilines is 2. The number of halogens is 2. The SMILES string of the molecule is Nc1cc(S(=O)(=O)Nc2ccc(Br)cn2)ccc1Br. The summed E-state index contributed by atoms with van der Waals surface area (Å²) in [6.45, 7) is 0. The lowest BCUT2D eigenvalue weighted by molar-refractivity contribution is 0.601. The molecule has 0 atom stereocenters. The third kappa shape index (κ3) is 3.46. The molecule has 8 heteroatoms. The second-order valence-corrected chi connectivity index (χ2v) is 7.10. The lowest BCUT2D eigenvalue weighted by Gasteiger charge is -2.08. The van der Waals surface area contributed by atoms with Gasteiger partial charge >= 0.3 is 0 Å². The van der Waals surface area contributed by atoms with Crippen molar-refractivity contribution in [2.75, 3.05) is 10.5 Å². The van der Waals surface area contributed by atoms with Crippen LogP contribution in [-0.4, -0.2) is 13.4 Å². The molecule has 0 unspecified atom stereocenters. The fourth-order valence-electron chi connectivity index (χ4n) is 1.32. The highest BCUT2D eigenvalue weighted by molar-refractivity contribution is 9.10. The van der Waals surface area contributed by atoms with Crippen LogP contribution >= 0.6 is 31.9 Å². The van der Waals surface area contributed by atoms with Crippen LogP contribution in [0.2, 0.25) is 0 Å². The predicted octanol–water partition coefficient (Wildman–Crippen LogP) is 2.99. The minimum absolute atomic E-state index is 0.0814. The molecule has 2 rings (SSSR count). The number of nitrogen functional groups attached to an aromatic ring is 1. The number of nitrogens with two attached hydrogens (primary N) is 1. The fraction of sp³-hybridized carbons (Fsp3) is 0. The largest absolute Gasteiger partial charge is 0.398 e. The van der Waals surface area contributed by atoms with E-state index in [0.717, 1.165) is 4.47 Å². The molecule has 1 heterocycles. The summed E-state index contributed by atoms with van der Waals surface area (Å²) in [5.74, 6) is 0.240. The van der Waals surface area contributed by atoms with E-state index in [-0.39, 0.29) is 10.7 Å². The molecule has 0 fully saturated rings. The van der Waals surface area contributed by atoms with Gasteiger partial charge in [0.1, 0.15) is 5.82 Å². The quantitative estimate of drug-likeness (QED) is 0.767. The molecular weight excluding hydrogens is 398 g/mol. The van der Waals surface area contributed by atoms with E-state index in [4.69, 9.17) is 5.73 Å². The van der Waals surface area contributed by atoms with E-state index in [1.54, 1.807) is 18.2 Å². The summed E-state index contributed by atoms with van der Waals surface area (Å²) in [6, 6.07) is 7.68. The van der Waals surface area contributed by atoms with Crippen LogP contribution in [0.1, 0.15) is 0 Å². The van der Waals surface area contributed by atoms with Crippen LogP contribution in [0.25, 0.3) is 0 Å². The van der Waals surface area contributed by atoms with Crippen molar-refractivity contribution in [1.29, 1.82) is 0 Å². The van der Waals surface area contributed by atoms with Crippen molar-refractivity contribution >= 4 is 53.4 Å². The highest BCUT2D eigenvalue weighted by Crippen LogP contribution is 2.24. The molecule has 0 aliphatic rings. The molecule has 5 nitrogen and oxygen atoms in total. The summed E-state index contributed by atoms with van der Waals surface area (Å²) < 4.78 is 28.0. The lowest BCUT2D eigenvalue weighted by atomic mass is 10.3. The number of aromatic nitrogens is 1. The van der Waals surface area contributed by atoms with Gasteiger partial charge in [-0.25, -0.2) is 13.4 Å². The monoisotopic (exact) mass is 405 g/mol. The van der Waals surface area contributed by atoms with E-state index in [1.165, 1.54) is 18.3 Å². The van der Waals surface area contributed by atoms with Crippen molar-refractivity contribution in [1.82, 2.24) is 4.98 Å². The second kappa shape index (κ2) is 5.48. The van der Waals surface area contributed by atoms with Crippen LogP contribution in [0.15, 0.2) is 50.4 Å². The summed E-state index contributed by atoms with van der Waals surface area (Å²) >= 11 is 6.44. The Labute approximate surface area is 127 Å². The maximum atomic E-state index is 12.1. The number of nitrogens with zero attached hydrogens (tertiary/aromatic N) is 1. The van der Waals surface area contributed by atoms with Crippen LogP contribution < -0.4 is 10.5 Å². The first-order chi connectivity index (χ1) is 8.88. The average molecular weight is 407 g/mol. The van der Waals surface area contributed by atoms with Crippen molar-refractivity contribution < 1.29 is 8.42 Å². The average Bonchev–Trinajstić information content (AvgIpc) is 2.35. The zero-order valence-corrected chi connectivity index (χ0v) is 13.5. The first-order valence-corrected chi connectivity index (χ1v) is 8.15. The molecule has 100 valence electrons. The highest BCUT2D eigenvalue weighted by Gasteiger charge is 2.15. The van der Waals surface area contributed by atoms with Gasteiger partial charge in [-0.2, -0.15) is 0 Å². The van der Waals surface area contributed by atoms with E-state index in [1.807, 2.05) is 0 Å². The predicted molar refractivity (Wildman–Crippen MR) is 81.3 cm³/mol. The van der Waals surface area contributed by atoms with Crippen molar-refractivity contribution in [3.63, 3.8) is 0 Å². The van der Waals surface area contributed by atoms with Gasteiger partial charge in [-0.05, 0) is 62.2 Å². The van der Waals surface area contributed by atoms with Gasteiger partial charge < -0.3 is 5.73 Å². The molecule has 0 saturated carbocycles. The van der Waals surface area contributed by atoms with Gasteiger partial charge in [-0.15, -0.1) is 0 Å². The molecule has 0 saturated heterocycles. The third-order valence-electron chi connectivity index (χ3n) is 2.24. The molecule has 0 aliphatic heterocycles. The number of sulfonamides is 1. The van der Waals surface area contributed by atoms with Gasteiger partial charge in [-0.1, -0.05) is 0 Å². The third-order valence-corrected chi connectivity index (χ3v) is 4.79. The first-order valence-electron chi connectivity index (χ1n) is 5.08. The first kappa shape index (κ1) is 14.3. The molecule has 0 aliphatic carbocycles. The number of benzene rings is 1. The molecule has 1 aromatic carbocycles. The van der Waals surface area contributed by atoms with Gasteiger partial charge in [-0.3, -0.25) is 4.72 Å². The summed E-state index contributed by atoms with van der Waals surface area (Å²) in [5.41, 5.74) is 6.02. The van der Waals surface area contributed by atoms with Gasteiger partial charge in [0.2, 0.25) is 0 Å². The van der Waals surface area contributed by atoms with Gasteiger partial charge in [0.15, 0.2) is 0 Å². The number of rotatable bonds is 3. The van der Waals surface area contributed by atoms with E-state index in [2.05, 4.69) is 41.6 Å². The molecular formula is C11H9Br2N3O2S. The topological polar surface area (TPSA) is 85.1 Å². The normalized spacial score (nSPS) is 11.3. The van der Waals surface area contributed by atoms with E-state index < -0.39 is 10.0 Å². The molecule has 1 aromatic heterocycles. The molecule has 0 amide bonds. The Morgan fingerprint density at radius 1 is 1.16 bits per heavy atom. The second-order valence-electron chi connectivity index (χ2n) is 3.65. The van der Waals surface area contributed by atoms with Crippen LogP contribution in [0.5, 0.6) is 0 Å². The molecule has 19 heavy (non-hydrogen) atoms. The zero-order chi connectivity index (χ0) is 14.0. The maximum Gasteiger partial charge on any atom is 0.263 e. The fourth-order valence-corrected chi connectivity index (χ4v) is 2.85. The van der Waals surface area contributed by atoms with E-state index >= 15 is 0 Å². The van der Waals surface area contributed by atoms with E-state index in [0.29, 0.717) is 10.2 Å². The molecule has 0 bridgehead atoms. The lowest BCUT2D eigenvalue weighted by Crippen LogP contribution is -2.14. The number of hydrogen-bond donors (Lipinski definition) is 2. The van der Waals surface area contributed by atoms with Crippen LogP contribution in [0.4, 0.5) is 11.5 Å². The highest BCUT2D eigenvalue weighted by atomic mass is 79.9. The summed E-state index contributed by atoms with van der Waals surface area (Å²) in [5, 5.41) is 0. The van der Waals surface area contributed by atoms with Crippen LogP contribution in [0, 0.1) is 0 Å². The Morgan fingerprint density at radius 3 is 2.47 bits per heavy atom. The number of pyridine rings is 1. The summed E-state index contributed by atoms with van der Waals surface area (Å²) in [7, 11) is -3.69. The summed E-state index contributed by atoms with van der Waals surface area (Å²) in [6.07, 6.45) is 1.51. The Morgan fingerprint density at radius 2 is 1.89 bits per heavy atom. The van der Waals surface area contributed by atoms with Crippen molar-refractivity contribution in [3.05, 3.63) is 45.5 Å². The van der Waals surface area contributed by atoms with Gasteiger partial charge in [0.25, 0.3) is 10.0 Å². The van der Waals surface area contributed by atoms with Gasteiger partial charge in [0.05, 0.1) is 4.90 Å². The smallest absolute Gasteiger partial charge is 0.263 e.